The minimum Gasteiger partial charge on any atom is -0.378 e. The van der Waals surface area contributed by atoms with E-state index in [4.69, 9.17) is 11.6 Å². The van der Waals surface area contributed by atoms with Crippen LogP contribution in [0.3, 0.4) is 0 Å². The Morgan fingerprint density at radius 2 is 1.48 bits per heavy atom. The number of carbonyl (C=O) groups excluding carboxylic acids is 1. The molecular weight excluding hydrogens is 493 g/mol. The molecule has 182 valence electrons. The predicted octanol–water partition coefficient (Wildman–Crippen LogP) is 7.01. The summed E-state index contributed by atoms with van der Waals surface area (Å²) in [5.41, 5.74) is -2.76. The van der Waals surface area contributed by atoms with Gasteiger partial charge in [0.2, 0.25) is 0 Å². The van der Waals surface area contributed by atoms with E-state index in [1.807, 2.05) is 4.90 Å². The summed E-state index contributed by atoms with van der Waals surface area (Å²) >= 11 is 6.29. The van der Waals surface area contributed by atoms with Crippen molar-refractivity contribution in [3.8, 4) is 0 Å². The standard InChI is InChI=1S/C22H21ClF6N2O.ClH/c23-18-7-3-2-6-17(18)20(31-8-4-1-5-9-31)19(32)13-30-16-11-14(21(24,25)26)10-15(12-16)22(27,28)29;/h2-3,6-7,10-12,20,30H,1,4-5,8-9,13H2;1H. The normalized spacial score (nSPS) is 16.1. The van der Waals surface area contributed by atoms with E-state index in [-0.39, 0.29) is 18.5 Å². The van der Waals surface area contributed by atoms with Crippen LogP contribution in [0.2, 0.25) is 5.02 Å². The smallest absolute Gasteiger partial charge is 0.378 e. The fourth-order valence-corrected chi connectivity index (χ4v) is 4.03. The van der Waals surface area contributed by atoms with Gasteiger partial charge in [0.1, 0.15) is 0 Å². The molecule has 0 spiro atoms. The first-order valence-corrected chi connectivity index (χ1v) is 10.4. The van der Waals surface area contributed by atoms with Crippen LogP contribution in [0.15, 0.2) is 42.5 Å². The number of ketones is 1. The van der Waals surface area contributed by atoms with Crippen LogP contribution in [0.4, 0.5) is 32.0 Å². The second-order valence-corrected chi connectivity index (χ2v) is 8.04. The number of likely N-dealkylation sites (tertiary alicyclic amines) is 1. The lowest BCUT2D eigenvalue weighted by Gasteiger charge is -2.34. The molecule has 1 saturated heterocycles. The van der Waals surface area contributed by atoms with E-state index in [1.54, 1.807) is 24.3 Å². The number of Topliss-reactive ketones (excluding diaryl/α,β-unsaturated/α-hetero) is 1. The van der Waals surface area contributed by atoms with E-state index in [1.165, 1.54) is 0 Å². The Balaban J connectivity index is 0.00000385. The van der Waals surface area contributed by atoms with Gasteiger partial charge in [-0.15, -0.1) is 12.4 Å². The summed E-state index contributed by atoms with van der Waals surface area (Å²) in [5, 5.41) is 2.83. The Hall–Kier alpha value is -1.97. The molecule has 0 radical (unpaired) electrons. The molecule has 11 heteroatoms. The number of nitrogens with one attached hydrogen (secondary N) is 1. The van der Waals surface area contributed by atoms with E-state index in [2.05, 4.69) is 5.32 Å². The van der Waals surface area contributed by atoms with Crippen LogP contribution < -0.4 is 5.32 Å². The molecule has 2 aromatic carbocycles. The zero-order valence-corrected chi connectivity index (χ0v) is 18.8. The van der Waals surface area contributed by atoms with Crippen molar-refractivity contribution in [1.82, 2.24) is 4.90 Å². The van der Waals surface area contributed by atoms with Crippen LogP contribution in [0.25, 0.3) is 0 Å². The van der Waals surface area contributed by atoms with Crippen molar-refractivity contribution in [2.45, 2.75) is 37.7 Å². The summed E-state index contributed by atoms with van der Waals surface area (Å²) < 4.78 is 78.5. The fraction of sp³-hybridized carbons (Fsp3) is 0.409. The van der Waals surface area contributed by atoms with E-state index in [0.29, 0.717) is 35.8 Å². The van der Waals surface area contributed by atoms with Gasteiger partial charge in [-0.25, -0.2) is 0 Å². The van der Waals surface area contributed by atoms with Crippen LogP contribution in [0.1, 0.15) is 42.0 Å². The van der Waals surface area contributed by atoms with Crippen molar-refractivity contribution in [2.75, 3.05) is 25.0 Å². The summed E-state index contributed by atoms with van der Waals surface area (Å²) in [5.74, 6) is -0.397. The Kier molecular flexibility index (Phi) is 9.07. The average Bonchev–Trinajstić information content (AvgIpc) is 2.73. The van der Waals surface area contributed by atoms with Gasteiger partial charge in [-0.1, -0.05) is 36.2 Å². The summed E-state index contributed by atoms with van der Waals surface area (Å²) in [6, 6.07) is 7.20. The average molecular weight is 515 g/mol. The van der Waals surface area contributed by atoms with Gasteiger partial charge in [0.15, 0.2) is 5.78 Å². The quantitative estimate of drug-likeness (QED) is 0.421. The van der Waals surface area contributed by atoms with Crippen molar-refractivity contribution >= 4 is 35.5 Å². The molecule has 1 aliphatic heterocycles. The minimum absolute atomic E-state index is 0. The maximum Gasteiger partial charge on any atom is 0.416 e. The van der Waals surface area contributed by atoms with Crippen molar-refractivity contribution < 1.29 is 31.1 Å². The highest BCUT2D eigenvalue weighted by molar-refractivity contribution is 6.31. The first kappa shape index (κ1) is 27.3. The SMILES string of the molecule is Cl.O=C(CNc1cc(C(F)(F)F)cc(C(F)(F)F)c1)C(c1ccccc1Cl)N1CCCCC1. The third kappa shape index (κ3) is 7.01. The molecule has 1 aliphatic rings. The molecule has 1 atom stereocenters. The number of carbonyl (C=O) groups is 1. The van der Waals surface area contributed by atoms with Crippen LogP contribution >= 0.6 is 24.0 Å². The van der Waals surface area contributed by atoms with Crippen molar-refractivity contribution in [3.63, 3.8) is 0 Å². The second kappa shape index (κ2) is 11.0. The number of anilines is 1. The molecule has 0 aromatic heterocycles. The molecule has 0 saturated carbocycles. The molecule has 2 aromatic rings. The maximum atomic E-state index is 13.1. The van der Waals surface area contributed by atoms with E-state index in [0.717, 1.165) is 19.3 Å². The lowest BCUT2D eigenvalue weighted by Crippen LogP contribution is -2.40. The lowest BCUT2D eigenvalue weighted by atomic mass is 9.97. The first-order valence-electron chi connectivity index (χ1n) is 10.0. The van der Waals surface area contributed by atoms with Gasteiger partial charge >= 0.3 is 12.4 Å². The molecule has 1 N–H and O–H groups in total. The molecule has 33 heavy (non-hydrogen) atoms. The number of halogens is 8. The number of hydrogen-bond acceptors (Lipinski definition) is 3. The zero-order valence-electron chi connectivity index (χ0n) is 17.3. The third-order valence-electron chi connectivity index (χ3n) is 5.32. The number of piperidine rings is 1. The fourth-order valence-electron chi connectivity index (χ4n) is 3.79. The molecule has 1 fully saturated rings. The number of alkyl halides is 6. The molecule has 0 amide bonds. The molecule has 1 heterocycles. The Morgan fingerprint density at radius 1 is 0.939 bits per heavy atom. The highest BCUT2D eigenvalue weighted by Crippen LogP contribution is 2.38. The van der Waals surface area contributed by atoms with Crippen molar-refractivity contribution in [3.05, 3.63) is 64.2 Å². The van der Waals surface area contributed by atoms with E-state index < -0.39 is 47.5 Å². The highest BCUT2D eigenvalue weighted by Gasteiger charge is 2.37. The summed E-state index contributed by atoms with van der Waals surface area (Å²) in [7, 11) is 0. The van der Waals surface area contributed by atoms with Gasteiger partial charge in [-0.3, -0.25) is 9.69 Å². The molecule has 3 nitrogen and oxygen atoms in total. The van der Waals surface area contributed by atoms with Crippen LogP contribution in [0.5, 0.6) is 0 Å². The number of hydrogen-bond donors (Lipinski definition) is 1. The largest absolute Gasteiger partial charge is 0.416 e. The lowest BCUT2D eigenvalue weighted by molar-refractivity contribution is -0.143. The highest BCUT2D eigenvalue weighted by atomic mass is 35.5. The number of nitrogens with zero attached hydrogens (tertiary/aromatic N) is 1. The molecule has 0 bridgehead atoms. The van der Waals surface area contributed by atoms with Gasteiger partial charge in [-0.05, 0) is 55.8 Å². The second-order valence-electron chi connectivity index (χ2n) is 7.64. The van der Waals surface area contributed by atoms with Crippen LogP contribution in [-0.2, 0) is 17.1 Å². The molecule has 3 rings (SSSR count). The van der Waals surface area contributed by atoms with Crippen LogP contribution in [-0.4, -0.2) is 30.3 Å². The summed E-state index contributed by atoms with van der Waals surface area (Å²) in [4.78, 5) is 15.1. The number of rotatable bonds is 6. The molecule has 0 aliphatic carbocycles. The zero-order chi connectivity index (χ0) is 23.5. The third-order valence-corrected chi connectivity index (χ3v) is 5.66. The Labute approximate surface area is 198 Å². The number of benzene rings is 2. The van der Waals surface area contributed by atoms with Gasteiger partial charge < -0.3 is 5.32 Å². The van der Waals surface area contributed by atoms with Gasteiger partial charge in [-0.2, -0.15) is 26.3 Å². The maximum absolute atomic E-state index is 13.1. The van der Waals surface area contributed by atoms with E-state index in [9.17, 15) is 31.1 Å². The Morgan fingerprint density at radius 3 is 2.00 bits per heavy atom. The van der Waals surface area contributed by atoms with Gasteiger partial charge in [0.05, 0.1) is 23.7 Å². The molecular formula is C22H22Cl2F6N2O. The van der Waals surface area contributed by atoms with Crippen LogP contribution in [0, 0.1) is 0 Å². The predicted molar refractivity (Wildman–Crippen MR) is 117 cm³/mol. The van der Waals surface area contributed by atoms with E-state index >= 15 is 0 Å². The van der Waals surface area contributed by atoms with Crippen molar-refractivity contribution in [1.29, 1.82) is 0 Å². The van der Waals surface area contributed by atoms with Gasteiger partial charge in [0.25, 0.3) is 0 Å². The van der Waals surface area contributed by atoms with Crippen molar-refractivity contribution in [2.24, 2.45) is 0 Å². The first-order chi connectivity index (χ1) is 15.0. The minimum atomic E-state index is -4.96. The monoisotopic (exact) mass is 514 g/mol. The molecule has 1 unspecified atom stereocenters. The topological polar surface area (TPSA) is 32.3 Å². The van der Waals surface area contributed by atoms with Gasteiger partial charge in [0, 0.05) is 10.7 Å². The summed E-state index contributed by atoms with van der Waals surface area (Å²) in [6.07, 6.45) is -7.15. The Bertz CT molecular complexity index is 926. The summed E-state index contributed by atoms with van der Waals surface area (Å²) in [6.45, 7) is 0.831.